The minimum absolute atomic E-state index is 0.513. The molecule has 15 heavy (non-hydrogen) atoms. The Balaban J connectivity index is 2.37. The molecule has 0 spiro atoms. The Hall–Kier alpha value is -1.02. The van der Waals surface area contributed by atoms with E-state index in [0.29, 0.717) is 6.04 Å². The molecular formula is C13H21NO. The van der Waals surface area contributed by atoms with Crippen molar-refractivity contribution in [1.82, 2.24) is 5.32 Å². The molecule has 0 aliphatic carbocycles. The molecular weight excluding hydrogens is 186 g/mol. The number of rotatable bonds is 6. The van der Waals surface area contributed by atoms with Gasteiger partial charge in [-0.2, -0.15) is 0 Å². The van der Waals surface area contributed by atoms with Gasteiger partial charge in [0.15, 0.2) is 0 Å². The summed E-state index contributed by atoms with van der Waals surface area (Å²) < 4.78 is 5.68. The van der Waals surface area contributed by atoms with Gasteiger partial charge in [0.1, 0.15) is 5.75 Å². The van der Waals surface area contributed by atoms with Gasteiger partial charge in [0.25, 0.3) is 0 Å². The van der Waals surface area contributed by atoms with E-state index in [1.165, 1.54) is 5.56 Å². The molecule has 0 radical (unpaired) electrons. The number of benzene rings is 1. The highest BCUT2D eigenvalue weighted by atomic mass is 16.5. The SMILES string of the molecule is CCc1cccc(OCCC(C)NC)c1. The van der Waals surface area contributed by atoms with Gasteiger partial charge < -0.3 is 10.1 Å². The fourth-order valence-electron chi connectivity index (χ4n) is 1.35. The fraction of sp³-hybridized carbons (Fsp3) is 0.538. The molecule has 0 aromatic heterocycles. The molecule has 0 saturated carbocycles. The zero-order valence-corrected chi connectivity index (χ0v) is 9.92. The Bertz CT molecular complexity index is 286. The normalized spacial score (nSPS) is 12.5. The van der Waals surface area contributed by atoms with Crippen LogP contribution >= 0.6 is 0 Å². The summed E-state index contributed by atoms with van der Waals surface area (Å²) >= 11 is 0. The summed E-state index contributed by atoms with van der Waals surface area (Å²) in [7, 11) is 1.97. The van der Waals surface area contributed by atoms with E-state index in [4.69, 9.17) is 4.74 Å². The maximum absolute atomic E-state index is 5.68. The molecule has 1 N–H and O–H groups in total. The van der Waals surface area contributed by atoms with E-state index in [9.17, 15) is 0 Å². The van der Waals surface area contributed by atoms with Crippen molar-refractivity contribution >= 4 is 0 Å². The second-order valence-corrected chi connectivity index (χ2v) is 3.83. The van der Waals surface area contributed by atoms with Gasteiger partial charge in [-0.15, -0.1) is 0 Å². The van der Waals surface area contributed by atoms with E-state index in [1.807, 2.05) is 13.1 Å². The summed E-state index contributed by atoms with van der Waals surface area (Å²) in [4.78, 5) is 0. The van der Waals surface area contributed by atoms with Crippen LogP contribution in [0.4, 0.5) is 0 Å². The maximum Gasteiger partial charge on any atom is 0.119 e. The van der Waals surface area contributed by atoms with Gasteiger partial charge in [0.2, 0.25) is 0 Å². The molecule has 1 unspecified atom stereocenters. The highest BCUT2D eigenvalue weighted by Gasteiger charge is 1.99. The molecule has 84 valence electrons. The van der Waals surface area contributed by atoms with Crippen LogP contribution in [0.1, 0.15) is 25.8 Å². The highest BCUT2D eigenvalue weighted by molar-refractivity contribution is 5.28. The van der Waals surface area contributed by atoms with Crippen molar-refractivity contribution in [3.8, 4) is 5.75 Å². The van der Waals surface area contributed by atoms with E-state index >= 15 is 0 Å². The standard InChI is InChI=1S/C13H21NO/c1-4-12-6-5-7-13(10-12)15-9-8-11(2)14-3/h5-7,10-11,14H,4,8-9H2,1-3H3. The minimum Gasteiger partial charge on any atom is -0.494 e. The smallest absolute Gasteiger partial charge is 0.119 e. The van der Waals surface area contributed by atoms with Crippen LogP contribution in [0.5, 0.6) is 5.75 Å². The van der Waals surface area contributed by atoms with Crippen molar-refractivity contribution in [3.05, 3.63) is 29.8 Å². The van der Waals surface area contributed by atoms with Crippen LogP contribution in [0.15, 0.2) is 24.3 Å². The quantitative estimate of drug-likeness (QED) is 0.774. The van der Waals surface area contributed by atoms with Crippen LogP contribution in [-0.4, -0.2) is 19.7 Å². The lowest BCUT2D eigenvalue weighted by atomic mass is 10.2. The summed E-state index contributed by atoms with van der Waals surface area (Å²) in [5.74, 6) is 0.984. The number of hydrogen-bond acceptors (Lipinski definition) is 2. The van der Waals surface area contributed by atoms with Crippen LogP contribution in [0.2, 0.25) is 0 Å². The van der Waals surface area contributed by atoms with Crippen molar-refractivity contribution in [2.24, 2.45) is 0 Å². The van der Waals surface area contributed by atoms with Crippen LogP contribution in [-0.2, 0) is 6.42 Å². The average molecular weight is 207 g/mol. The molecule has 0 aliphatic heterocycles. The molecule has 0 fully saturated rings. The van der Waals surface area contributed by atoms with Crippen molar-refractivity contribution < 1.29 is 4.74 Å². The summed E-state index contributed by atoms with van der Waals surface area (Å²) in [6.45, 7) is 5.09. The molecule has 0 bridgehead atoms. The number of hydrogen-bond donors (Lipinski definition) is 1. The zero-order chi connectivity index (χ0) is 11.1. The second kappa shape index (κ2) is 6.46. The topological polar surface area (TPSA) is 21.3 Å². The van der Waals surface area contributed by atoms with E-state index in [1.54, 1.807) is 0 Å². The first-order valence-corrected chi connectivity index (χ1v) is 5.65. The van der Waals surface area contributed by atoms with E-state index in [-0.39, 0.29) is 0 Å². The first kappa shape index (κ1) is 12.1. The van der Waals surface area contributed by atoms with E-state index < -0.39 is 0 Å². The first-order chi connectivity index (χ1) is 7.26. The fourth-order valence-corrected chi connectivity index (χ4v) is 1.35. The Kier molecular flexibility index (Phi) is 5.19. The summed E-state index contributed by atoms with van der Waals surface area (Å²) in [6.07, 6.45) is 2.09. The predicted octanol–water partition coefficient (Wildman–Crippen LogP) is 2.63. The lowest BCUT2D eigenvalue weighted by Crippen LogP contribution is -2.23. The van der Waals surface area contributed by atoms with Crippen LogP contribution in [0, 0.1) is 0 Å². The molecule has 0 saturated heterocycles. The predicted molar refractivity (Wildman–Crippen MR) is 64.5 cm³/mol. The third-order valence-electron chi connectivity index (χ3n) is 2.62. The van der Waals surface area contributed by atoms with Crippen molar-refractivity contribution in [2.75, 3.05) is 13.7 Å². The van der Waals surface area contributed by atoms with Crippen LogP contribution < -0.4 is 10.1 Å². The molecule has 0 amide bonds. The average Bonchev–Trinajstić information content (AvgIpc) is 2.29. The zero-order valence-electron chi connectivity index (χ0n) is 9.92. The maximum atomic E-state index is 5.68. The molecule has 0 heterocycles. The van der Waals surface area contributed by atoms with Gasteiger partial charge in [-0.25, -0.2) is 0 Å². The van der Waals surface area contributed by atoms with Gasteiger partial charge in [-0.3, -0.25) is 0 Å². The molecule has 2 heteroatoms. The van der Waals surface area contributed by atoms with Crippen molar-refractivity contribution in [2.45, 2.75) is 32.7 Å². The Morgan fingerprint density at radius 1 is 1.40 bits per heavy atom. The number of ether oxygens (including phenoxy) is 1. The molecule has 0 aliphatic rings. The number of nitrogens with one attached hydrogen (secondary N) is 1. The summed E-state index contributed by atoms with van der Waals surface area (Å²) in [5, 5.41) is 3.19. The lowest BCUT2D eigenvalue weighted by Gasteiger charge is -2.11. The molecule has 1 aromatic carbocycles. The van der Waals surface area contributed by atoms with Gasteiger partial charge in [0.05, 0.1) is 6.61 Å². The second-order valence-electron chi connectivity index (χ2n) is 3.83. The van der Waals surface area contributed by atoms with Crippen LogP contribution in [0.3, 0.4) is 0 Å². The summed E-state index contributed by atoms with van der Waals surface area (Å²) in [6, 6.07) is 8.82. The Labute approximate surface area is 92.6 Å². The van der Waals surface area contributed by atoms with Gasteiger partial charge in [0, 0.05) is 6.04 Å². The molecule has 2 nitrogen and oxygen atoms in total. The Morgan fingerprint density at radius 3 is 2.87 bits per heavy atom. The van der Waals surface area contributed by atoms with Crippen molar-refractivity contribution in [1.29, 1.82) is 0 Å². The first-order valence-electron chi connectivity index (χ1n) is 5.65. The number of aryl methyl sites for hydroxylation is 1. The molecule has 1 aromatic rings. The van der Waals surface area contributed by atoms with Crippen molar-refractivity contribution in [3.63, 3.8) is 0 Å². The Morgan fingerprint density at radius 2 is 2.20 bits per heavy atom. The lowest BCUT2D eigenvalue weighted by molar-refractivity contribution is 0.293. The van der Waals surface area contributed by atoms with E-state index in [2.05, 4.69) is 37.4 Å². The third kappa shape index (κ3) is 4.34. The summed E-state index contributed by atoms with van der Waals surface area (Å²) in [5.41, 5.74) is 1.33. The molecule has 1 rings (SSSR count). The third-order valence-corrected chi connectivity index (χ3v) is 2.62. The highest BCUT2D eigenvalue weighted by Crippen LogP contribution is 2.13. The van der Waals surface area contributed by atoms with E-state index in [0.717, 1.165) is 25.2 Å². The molecule has 1 atom stereocenters. The minimum atomic E-state index is 0.513. The largest absolute Gasteiger partial charge is 0.494 e. The van der Waals surface area contributed by atoms with Gasteiger partial charge in [-0.05, 0) is 44.5 Å². The monoisotopic (exact) mass is 207 g/mol. The van der Waals surface area contributed by atoms with Gasteiger partial charge >= 0.3 is 0 Å². The van der Waals surface area contributed by atoms with Crippen LogP contribution in [0.25, 0.3) is 0 Å². The van der Waals surface area contributed by atoms with Gasteiger partial charge in [-0.1, -0.05) is 19.1 Å².